The summed E-state index contributed by atoms with van der Waals surface area (Å²) in [5.41, 5.74) is 13.9. The van der Waals surface area contributed by atoms with Gasteiger partial charge in [0.2, 0.25) is 0 Å². The van der Waals surface area contributed by atoms with E-state index in [2.05, 4.69) is 143 Å². The van der Waals surface area contributed by atoms with Crippen molar-refractivity contribution in [2.45, 2.75) is 27.7 Å². The molecule has 2 aromatic heterocycles. The second-order valence-corrected chi connectivity index (χ2v) is 11.9. The molecule has 0 spiro atoms. The van der Waals surface area contributed by atoms with Gasteiger partial charge in [0.05, 0.1) is 16.7 Å². The second kappa shape index (κ2) is 10.1. The monoisotopic (exact) mass is 564 g/mol. The molecule has 0 amide bonds. The smallest absolute Gasteiger partial charge is 0.0975 e. The summed E-state index contributed by atoms with van der Waals surface area (Å²) >= 11 is 0. The first kappa shape index (κ1) is 26.3. The molecular formula is C42H32N2. The summed E-state index contributed by atoms with van der Waals surface area (Å²) in [6.45, 7) is 8.71. The van der Waals surface area contributed by atoms with Gasteiger partial charge in [0.25, 0.3) is 0 Å². The second-order valence-electron chi connectivity index (χ2n) is 11.9. The van der Waals surface area contributed by atoms with Crippen LogP contribution in [0, 0.1) is 27.7 Å². The Labute approximate surface area is 257 Å². The van der Waals surface area contributed by atoms with Crippen LogP contribution in [0.15, 0.2) is 121 Å². The van der Waals surface area contributed by atoms with E-state index in [4.69, 9.17) is 9.97 Å². The quantitative estimate of drug-likeness (QED) is 0.199. The van der Waals surface area contributed by atoms with Crippen LogP contribution in [-0.4, -0.2) is 9.97 Å². The maximum atomic E-state index is 5.38. The van der Waals surface area contributed by atoms with E-state index in [9.17, 15) is 0 Å². The largest absolute Gasteiger partial charge is 0.254 e. The molecule has 2 heteroatoms. The Hall–Kier alpha value is -5.34. The fraction of sp³-hybridized carbons (Fsp3) is 0.0952. The van der Waals surface area contributed by atoms with E-state index in [-0.39, 0.29) is 0 Å². The molecule has 2 nitrogen and oxygen atoms in total. The molecule has 0 unspecified atom stereocenters. The predicted octanol–water partition coefficient (Wildman–Crippen LogP) is 11.3. The number of hydrogen-bond acceptors (Lipinski definition) is 2. The summed E-state index contributed by atoms with van der Waals surface area (Å²) in [6.07, 6.45) is 1.98. The molecule has 44 heavy (non-hydrogen) atoms. The van der Waals surface area contributed by atoms with Crippen molar-refractivity contribution in [3.63, 3.8) is 0 Å². The Bertz CT molecular complexity index is 2430. The molecule has 0 fully saturated rings. The minimum Gasteiger partial charge on any atom is -0.254 e. The number of hydrogen-bond donors (Lipinski definition) is 0. The van der Waals surface area contributed by atoms with Crippen LogP contribution >= 0.6 is 0 Å². The Morgan fingerprint density at radius 1 is 0.432 bits per heavy atom. The van der Waals surface area contributed by atoms with Crippen molar-refractivity contribution in [3.8, 4) is 33.5 Å². The molecule has 6 aromatic carbocycles. The summed E-state index contributed by atoms with van der Waals surface area (Å²) in [5, 5.41) is 7.29. The first-order valence-corrected chi connectivity index (χ1v) is 15.3. The Morgan fingerprint density at radius 2 is 1.02 bits per heavy atom. The zero-order valence-corrected chi connectivity index (χ0v) is 25.4. The lowest BCUT2D eigenvalue weighted by molar-refractivity contribution is 1.26. The summed E-state index contributed by atoms with van der Waals surface area (Å²) in [6, 6.07) is 41.8. The molecule has 210 valence electrons. The molecule has 8 aromatic rings. The van der Waals surface area contributed by atoms with Gasteiger partial charge in [-0.05, 0) is 99.8 Å². The molecule has 0 atom stereocenters. The Balaban J connectivity index is 1.33. The van der Waals surface area contributed by atoms with Crippen molar-refractivity contribution in [3.05, 3.63) is 144 Å². The standard InChI is InChI=1S/C42H32N2/c1-25-24-43-41-32(26(25)2)19-20-33-27(3)28(4)40(44-42(33)41)39-22-21-36(37-16-7-8-17-38(37)39)31-14-9-13-30(23-31)35-18-10-12-29-11-5-6-15-34(29)35/h5-24H,1-4H3. The van der Waals surface area contributed by atoms with Gasteiger partial charge >= 0.3 is 0 Å². The minimum absolute atomic E-state index is 0.972. The number of rotatable bonds is 3. The zero-order chi connectivity index (χ0) is 29.9. The first-order chi connectivity index (χ1) is 21.5. The average molecular weight is 565 g/mol. The third-order valence-electron chi connectivity index (χ3n) is 9.53. The molecule has 8 rings (SSSR count). The van der Waals surface area contributed by atoms with Gasteiger partial charge in [0.15, 0.2) is 0 Å². The van der Waals surface area contributed by atoms with E-state index in [1.165, 1.54) is 76.8 Å². The molecule has 0 aliphatic heterocycles. The van der Waals surface area contributed by atoms with E-state index in [1.807, 2.05) is 6.20 Å². The molecule has 0 N–H and O–H groups in total. The van der Waals surface area contributed by atoms with E-state index in [0.717, 1.165) is 22.3 Å². The number of benzene rings is 6. The number of nitrogens with zero attached hydrogens (tertiary/aromatic N) is 2. The van der Waals surface area contributed by atoms with Gasteiger partial charge in [-0.25, -0.2) is 4.98 Å². The van der Waals surface area contributed by atoms with Crippen molar-refractivity contribution in [1.29, 1.82) is 0 Å². The lowest BCUT2D eigenvalue weighted by atomic mass is 9.89. The predicted molar refractivity (Wildman–Crippen MR) is 187 cm³/mol. The molecule has 0 aliphatic carbocycles. The Kier molecular flexibility index (Phi) is 6.06. The number of fused-ring (bicyclic) bond motifs is 5. The summed E-state index contributed by atoms with van der Waals surface area (Å²) in [7, 11) is 0. The van der Waals surface area contributed by atoms with Crippen molar-refractivity contribution < 1.29 is 0 Å². The first-order valence-electron chi connectivity index (χ1n) is 15.3. The van der Waals surface area contributed by atoms with Gasteiger partial charge in [-0.15, -0.1) is 0 Å². The minimum atomic E-state index is 0.972. The van der Waals surface area contributed by atoms with Crippen LogP contribution in [0.25, 0.3) is 76.9 Å². The molecule has 0 bridgehead atoms. The highest BCUT2D eigenvalue weighted by Crippen LogP contribution is 2.40. The Morgan fingerprint density at radius 3 is 1.80 bits per heavy atom. The van der Waals surface area contributed by atoms with Crippen LogP contribution in [0.1, 0.15) is 22.3 Å². The van der Waals surface area contributed by atoms with Gasteiger partial charge in [-0.2, -0.15) is 0 Å². The van der Waals surface area contributed by atoms with E-state index >= 15 is 0 Å². The third-order valence-corrected chi connectivity index (χ3v) is 9.53. The number of aromatic nitrogens is 2. The zero-order valence-electron chi connectivity index (χ0n) is 25.4. The lowest BCUT2D eigenvalue weighted by Gasteiger charge is -2.17. The van der Waals surface area contributed by atoms with E-state index in [0.29, 0.717) is 0 Å². The van der Waals surface area contributed by atoms with Crippen molar-refractivity contribution >= 4 is 43.4 Å². The SMILES string of the molecule is Cc1cnc2c(ccc3c(C)c(C)c(-c4ccc(-c5cccc(-c6cccc7ccccc67)c5)c5ccccc45)nc32)c1C. The van der Waals surface area contributed by atoms with Crippen molar-refractivity contribution in [2.24, 2.45) is 0 Å². The highest BCUT2D eigenvalue weighted by molar-refractivity contribution is 6.09. The fourth-order valence-electron chi connectivity index (χ4n) is 6.83. The van der Waals surface area contributed by atoms with Gasteiger partial charge in [0.1, 0.15) is 0 Å². The van der Waals surface area contributed by atoms with Crippen LogP contribution in [0.2, 0.25) is 0 Å². The van der Waals surface area contributed by atoms with Crippen molar-refractivity contribution in [2.75, 3.05) is 0 Å². The fourth-order valence-corrected chi connectivity index (χ4v) is 6.83. The van der Waals surface area contributed by atoms with Crippen LogP contribution in [0.3, 0.4) is 0 Å². The topological polar surface area (TPSA) is 25.8 Å². The van der Waals surface area contributed by atoms with Crippen LogP contribution in [-0.2, 0) is 0 Å². The average Bonchev–Trinajstić information content (AvgIpc) is 3.07. The molecule has 0 radical (unpaired) electrons. The number of pyridine rings is 2. The van der Waals surface area contributed by atoms with Gasteiger partial charge in [-0.1, -0.05) is 109 Å². The maximum Gasteiger partial charge on any atom is 0.0975 e. The molecule has 0 saturated heterocycles. The lowest BCUT2D eigenvalue weighted by Crippen LogP contribution is -1.98. The summed E-state index contributed by atoms with van der Waals surface area (Å²) < 4.78 is 0. The van der Waals surface area contributed by atoms with Gasteiger partial charge in [0, 0.05) is 22.5 Å². The third kappa shape index (κ3) is 4.02. The normalized spacial score (nSPS) is 11.6. The maximum absolute atomic E-state index is 5.38. The summed E-state index contributed by atoms with van der Waals surface area (Å²) in [5.74, 6) is 0. The van der Waals surface area contributed by atoms with Crippen LogP contribution in [0.5, 0.6) is 0 Å². The number of aryl methyl sites for hydroxylation is 3. The highest BCUT2D eigenvalue weighted by Gasteiger charge is 2.18. The highest BCUT2D eigenvalue weighted by atomic mass is 14.8. The summed E-state index contributed by atoms with van der Waals surface area (Å²) in [4.78, 5) is 10.3. The van der Waals surface area contributed by atoms with Crippen molar-refractivity contribution in [1.82, 2.24) is 9.97 Å². The molecule has 0 aliphatic rings. The van der Waals surface area contributed by atoms with E-state index in [1.54, 1.807) is 0 Å². The van der Waals surface area contributed by atoms with Gasteiger partial charge < -0.3 is 0 Å². The molecule has 2 heterocycles. The van der Waals surface area contributed by atoms with Crippen LogP contribution < -0.4 is 0 Å². The van der Waals surface area contributed by atoms with E-state index < -0.39 is 0 Å². The molecular weight excluding hydrogens is 532 g/mol. The van der Waals surface area contributed by atoms with Gasteiger partial charge in [-0.3, -0.25) is 4.98 Å². The molecule has 0 saturated carbocycles. The van der Waals surface area contributed by atoms with Crippen LogP contribution in [0.4, 0.5) is 0 Å².